The third-order valence-electron chi connectivity index (χ3n) is 7.18. The number of rotatable bonds is 8. The zero-order valence-corrected chi connectivity index (χ0v) is 23.7. The molecule has 16 heteroatoms. The number of amides is 2. The topological polar surface area (TPSA) is 209 Å². The number of benzene rings is 1. The second-order valence-corrected chi connectivity index (χ2v) is 10.2. The van der Waals surface area contributed by atoms with Crippen LogP contribution < -0.4 is 39.8 Å². The Balaban J connectivity index is 0.00000280. The summed E-state index contributed by atoms with van der Waals surface area (Å²) in [5.74, 6) is -2.44. The van der Waals surface area contributed by atoms with Crippen LogP contribution in [0.2, 0.25) is 5.15 Å². The fourth-order valence-corrected chi connectivity index (χ4v) is 5.40. The van der Waals surface area contributed by atoms with Crippen molar-refractivity contribution in [1.29, 1.82) is 5.41 Å². The molecule has 1 aromatic heterocycles. The number of halogens is 3. The van der Waals surface area contributed by atoms with Crippen LogP contribution in [0.15, 0.2) is 30.3 Å². The maximum atomic E-state index is 13.0. The largest absolute Gasteiger partial charge is 1.00 e. The maximum Gasteiger partial charge on any atom is 0.326 e. The number of nitrogen functional groups attached to an aromatic ring is 2. The molecule has 40 heavy (non-hydrogen) atoms. The van der Waals surface area contributed by atoms with Crippen molar-refractivity contribution >= 4 is 59.4 Å². The van der Waals surface area contributed by atoms with Crippen LogP contribution in [-0.2, 0) is 16.0 Å². The molecule has 0 saturated carbocycles. The van der Waals surface area contributed by atoms with Crippen molar-refractivity contribution in [3.63, 3.8) is 0 Å². The van der Waals surface area contributed by atoms with E-state index >= 15 is 0 Å². The molecular weight excluding hydrogens is 585 g/mol. The summed E-state index contributed by atoms with van der Waals surface area (Å²) in [4.78, 5) is 44.9. The minimum Gasteiger partial charge on any atom is -1.00 e. The first-order chi connectivity index (χ1) is 18.0. The maximum absolute atomic E-state index is 13.0. The van der Waals surface area contributed by atoms with Gasteiger partial charge in [-0.1, -0.05) is 41.9 Å². The number of carboxylic acid groups (broad SMARTS) is 1. The Bertz CT molecular complexity index is 1240. The van der Waals surface area contributed by atoms with Gasteiger partial charge in [0.1, 0.15) is 6.04 Å². The van der Waals surface area contributed by atoms with Crippen LogP contribution in [-0.4, -0.2) is 81.6 Å². The highest BCUT2D eigenvalue weighted by Gasteiger charge is 2.47. The van der Waals surface area contributed by atoms with Crippen molar-refractivity contribution in [1.82, 2.24) is 25.9 Å². The molecule has 3 saturated heterocycles. The number of carboxylic acids is 1. The monoisotopic (exact) mass is 615 g/mol. The number of anilines is 2. The Hall–Kier alpha value is -3.39. The average molecular weight is 617 g/mol. The number of hydrogen-bond acceptors (Lipinski definition) is 8. The number of carbonyl (C=O) groups is 3. The molecule has 0 radical (unpaired) electrons. The summed E-state index contributed by atoms with van der Waals surface area (Å²) in [6.07, 6.45) is 1.87. The van der Waals surface area contributed by atoms with Gasteiger partial charge in [0.05, 0.1) is 25.7 Å². The van der Waals surface area contributed by atoms with Crippen LogP contribution in [0.1, 0.15) is 28.9 Å². The number of nitrogens with one attached hydrogen (secondary N) is 4. The molecule has 2 aromatic rings. The summed E-state index contributed by atoms with van der Waals surface area (Å²) >= 11 is 5.84. The number of aliphatic carboxylic acids is 1. The van der Waals surface area contributed by atoms with Crippen molar-refractivity contribution in [3.05, 3.63) is 46.7 Å². The number of fused-ring (bicyclic) bond motifs is 3. The zero-order valence-electron chi connectivity index (χ0n) is 21.4. The first-order valence-corrected chi connectivity index (χ1v) is 12.6. The summed E-state index contributed by atoms with van der Waals surface area (Å²) in [6.45, 7) is 2.26. The van der Waals surface area contributed by atoms with Crippen molar-refractivity contribution in [2.24, 2.45) is 5.92 Å². The van der Waals surface area contributed by atoms with Crippen LogP contribution in [0.4, 0.5) is 11.6 Å². The Morgan fingerprint density at radius 1 is 1.12 bits per heavy atom. The minimum atomic E-state index is -1.09. The predicted molar refractivity (Wildman–Crippen MR) is 147 cm³/mol. The molecule has 2 atom stereocenters. The zero-order chi connectivity index (χ0) is 27.4. The number of piperidine rings is 3. The lowest BCUT2D eigenvalue weighted by Gasteiger charge is -2.52. The van der Waals surface area contributed by atoms with Gasteiger partial charge in [-0.15, -0.1) is 12.4 Å². The molecule has 0 unspecified atom stereocenters. The van der Waals surface area contributed by atoms with Crippen molar-refractivity contribution in [3.8, 4) is 0 Å². The summed E-state index contributed by atoms with van der Waals surface area (Å²) in [6, 6.07) is 7.97. The van der Waals surface area contributed by atoms with Crippen molar-refractivity contribution in [2.75, 3.05) is 37.6 Å². The quantitative estimate of drug-likeness (QED) is 0.0940. The lowest BCUT2D eigenvalue weighted by Crippen LogP contribution is -3.00. The van der Waals surface area contributed by atoms with Gasteiger partial charge in [-0.3, -0.25) is 20.3 Å². The molecule has 2 bridgehead atoms. The molecule has 4 heterocycles. The van der Waals surface area contributed by atoms with Gasteiger partial charge in [0.15, 0.2) is 35.0 Å². The first-order valence-electron chi connectivity index (χ1n) is 12.2. The van der Waals surface area contributed by atoms with E-state index in [0.717, 1.165) is 31.5 Å². The van der Waals surface area contributed by atoms with Gasteiger partial charge in [0.25, 0.3) is 11.8 Å². The number of nitrogens with zero attached hydrogens (tertiary/aromatic N) is 3. The summed E-state index contributed by atoms with van der Waals surface area (Å²) in [5, 5.41) is 25.9. The van der Waals surface area contributed by atoms with E-state index in [1.807, 2.05) is 30.3 Å². The molecule has 0 aliphatic carbocycles. The Morgan fingerprint density at radius 3 is 2.40 bits per heavy atom. The number of nitrogens with two attached hydrogens (primary N) is 2. The van der Waals surface area contributed by atoms with Gasteiger partial charge < -0.3 is 44.1 Å². The molecule has 3 aliphatic rings. The van der Waals surface area contributed by atoms with Crippen molar-refractivity contribution in [2.45, 2.75) is 31.3 Å². The SMILES string of the molecule is Cl.N=C(NC(=O)c1nc(Cl)c(N)nc1N)N[C@@H]1C[N+]2(CC(=O)N[C@@H](Cc3ccccc3)C(=O)O)CCC1CC2.[Cl-]. The lowest BCUT2D eigenvalue weighted by atomic mass is 9.81. The van der Waals surface area contributed by atoms with E-state index in [1.54, 1.807) is 0 Å². The number of carbonyl (C=O) groups excluding carboxylic acids is 2. The highest BCUT2D eigenvalue weighted by atomic mass is 35.5. The molecule has 13 nitrogen and oxygen atoms in total. The van der Waals surface area contributed by atoms with Gasteiger partial charge in [-0.25, -0.2) is 14.8 Å². The summed E-state index contributed by atoms with van der Waals surface area (Å²) in [5.41, 5.74) is 11.8. The van der Waals surface area contributed by atoms with E-state index in [0.29, 0.717) is 11.0 Å². The van der Waals surface area contributed by atoms with Crippen LogP contribution in [0.25, 0.3) is 0 Å². The van der Waals surface area contributed by atoms with E-state index in [-0.39, 0.29) is 84.1 Å². The minimum absolute atomic E-state index is 0. The van der Waals surface area contributed by atoms with Crippen LogP contribution >= 0.6 is 24.0 Å². The third kappa shape index (κ3) is 7.84. The highest BCUT2D eigenvalue weighted by Crippen LogP contribution is 2.33. The van der Waals surface area contributed by atoms with E-state index in [2.05, 4.69) is 25.9 Å². The van der Waals surface area contributed by atoms with Gasteiger partial charge in [-0.05, 0) is 11.5 Å². The standard InChI is InChI=1S/C24H30ClN9O4.2ClH/c25-19-21(27)32-20(26)18(31-19)22(36)33-24(28)30-16-11-34(8-6-14(16)7-9-34)12-17(35)29-15(23(37)38)10-13-4-2-1-3-5-13;;/h1-5,14-16H,6-12H2,(H8-,26,27,28,29,30,32,33,35,36,37,38);2*1H/t14?,15-,16+,34?;;/m0../s1. The van der Waals surface area contributed by atoms with Gasteiger partial charge in [0, 0.05) is 19.3 Å². The molecule has 5 rings (SSSR count). The highest BCUT2D eigenvalue weighted by molar-refractivity contribution is 6.31. The Morgan fingerprint density at radius 2 is 1.77 bits per heavy atom. The Labute approximate surface area is 248 Å². The molecule has 2 amide bonds. The molecule has 0 spiro atoms. The normalized spacial score (nSPS) is 21.6. The fraction of sp³-hybridized carbons (Fsp3) is 0.417. The summed E-state index contributed by atoms with van der Waals surface area (Å²) < 4.78 is 0.477. The van der Waals surface area contributed by atoms with E-state index in [1.165, 1.54) is 0 Å². The number of aromatic nitrogens is 2. The van der Waals surface area contributed by atoms with Gasteiger partial charge in [0.2, 0.25) is 0 Å². The van der Waals surface area contributed by atoms with Crippen LogP contribution in [0.3, 0.4) is 0 Å². The van der Waals surface area contributed by atoms with E-state index in [9.17, 15) is 19.5 Å². The average Bonchev–Trinajstić information content (AvgIpc) is 2.86. The molecule has 3 fully saturated rings. The fourth-order valence-electron chi connectivity index (χ4n) is 5.27. The lowest BCUT2D eigenvalue weighted by molar-refractivity contribution is -0.936. The number of quaternary nitrogens is 1. The molecule has 218 valence electrons. The van der Waals surface area contributed by atoms with Gasteiger partial charge >= 0.3 is 5.97 Å². The smallest absolute Gasteiger partial charge is 0.326 e. The predicted octanol–water partition coefficient (Wildman–Crippen LogP) is -2.60. The molecule has 9 N–H and O–H groups in total. The van der Waals surface area contributed by atoms with E-state index < -0.39 is 17.9 Å². The Kier molecular flexibility index (Phi) is 11.3. The number of guanidine groups is 1. The molecular formula is C24H32Cl3N9O4. The van der Waals surface area contributed by atoms with Crippen LogP contribution in [0.5, 0.6) is 0 Å². The van der Waals surface area contributed by atoms with Crippen LogP contribution in [0, 0.1) is 11.3 Å². The second-order valence-electron chi connectivity index (χ2n) is 9.83. The summed E-state index contributed by atoms with van der Waals surface area (Å²) in [7, 11) is 0. The molecule has 3 aliphatic heterocycles. The molecule has 1 aromatic carbocycles. The second kappa shape index (κ2) is 13.8. The van der Waals surface area contributed by atoms with Gasteiger partial charge in [-0.2, -0.15) is 0 Å². The third-order valence-corrected chi connectivity index (χ3v) is 7.46. The number of hydrogen-bond donors (Lipinski definition) is 7. The first kappa shape index (κ1) is 32.8. The van der Waals surface area contributed by atoms with E-state index in [4.69, 9.17) is 28.5 Å². The van der Waals surface area contributed by atoms with Crippen molar-refractivity contribution < 1.29 is 36.4 Å².